The van der Waals surface area contributed by atoms with Gasteiger partial charge in [0, 0.05) is 31.7 Å². The molecule has 0 aromatic heterocycles. The molecule has 1 aromatic carbocycles. The van der Waals surface area contributed by atoms with Gasteiger partial charge in [0.2, 0.25) is 0 Å². The summed E-state index contributed by atoms with van der Waals surface area (Å²) in [6, 6.07) is 10.0. The predicted molar refractivity (Wildman–Crippen MR) is 98.0 cm³/mol. The highest BCUT2D eigenvalue weighted by Crippen LogP contribution is 2.30. The van der Waals surface area contributed by atoms with E-state index in [1.807, 2.05) is 37.8 Å². The Morgan fingerprint density at radius 3 is 2.35 bits per heavy atom. The van der Waals surface area contributed by atoms with E-state index < -0.39 is 5.60 Å². The van der Waals surface area contributed by atoms with Crippen LogP contribution >= 0.6 is 0 Å². The molecule has 1 amide bonds. The van der Waals surface area contributed by atoms with E-state index in [0.717, 1.165) is 38.2 Å². The minimum atomic E-state index is -0.456. The summed E-state index contributed by atoms with van der Waals surface area (Å²) in [6.07, 6.45) is 2.02. The monoisotopic (exact) mass is 357 g/mol. The standard InChI is InChI=1S/C20H27N3O3/c1-20(2,3)26-19(24)22-13-16-6-7-17(14-22)23(16)10-11-25-18-8-4-15(12-21)5-9-18/h4-5,8-9,16-17H,6-7,10-11,13-14H2,1-3H3. The quantitative estimate of drug-likeness (QED) is 0.829. The first kappa shape index (κ1) is 18.5. The molecule has 2 heterocycles. The Morgan fingerprint density at radius 2 is 1.81 bits per heavy atom. The molecular weight excluding hydrogens is 330 g/mol. The van der Waals surface area contributed by atoms with Crippen molar-refractivity contribution in [1.82, 2.24) is 9.80 Å². The summed E-state index contributed by atoms with van der Waals surface area (Å²) in [5.74, 6) is 0.781. The van der Waals surface area contributed by atoms with Crippen molar-refractivity contribution in [2.24, 2.45) is 0 Å². The van der Waals surface area contributed by atoms with Crippen LogP contribution in [0.5, 0.6) is 5.75 Å². The molecule has 0 aliphatic carbocycles. The largest absolute Gasteiger partial charge is 0.492 e. The Kier molecular flexibility index (Phi) is 5.38. The summed E-state index contributed by atoms with van der Waals surface area (Å²) in [5.41, 5.74) is 0.177. The molecule has 3 rings (SSSR count). The maximum Gasteiger partial charge on any atom is 0.410 e. The third-order valence-corrected chi connectivity index (χ3v) is 4.89. The number of rotatable bonds is 4. The molecule has 1 aromatic rings. The van der Waals surface area contributed by atoms with Crippen molar-refractivity contribution >= 4 is 6.09 Å². The predicted octanol–water partition coefficient (Wildman–Crippen LogP) is 3.02. The van der Waals surface area contributed by atoms with Gasteiger partial charge in [-0.15, -0.1) is 0 Å². The van der Waals surface area contributed by atoms with E-state index in [1.165, 1.54) is 0 Å². The fraction of sp³-hybridized carbons (Fsp3) is 0.600. The van der Waals surface area contributed by atoms with Gasteiger partial charge >= 0.3 is 6.09 Å². The lowest BCUT2D eigenvalue weighted by atomic mass is 10.2. The Labute approximate surface area is 155 Å². The van der Waals surface area contributed by atoms with E-state index in [0.29, 0.717) is 24.3 Å². The summed E-state index contributed by atoms with van der Waals surface area (Å²) in [7, 11) is 0. The van der Waals surface area contributed by atoms with Crippen molar-refractivity contribution < 1.29 is 14.3 Å². The maximum atomic E-state index is 12.3. The molecule has 26 heavy (non-hydrogen) atoms. The molecule has 2 bridgehead atoms. The second-order valence-corrected chi connectivity index (χ2v) is 7.99. The van der Waals surface area contributed by atoms with E-state index in [4.69, 9.17) is 14.7 Å². The van der Waals surface area contributed by atoms with E-state index in [9.17, 15) is 4.79 Å². The van der Waals surface area contributed by atoms with Crippen molar-refractivity contribution in [3.05, 3.63) is 29.8 Å². The number of carbonyl (C=O) groups excluding carboxylic acids is 1. The van der Waals surface area contributed by atoms with Crippen molar-refractivity contribution in [2.45, 2.75) is 51.3 Å². The molecule has 2 atom stereocenters. The average molecular weight is 357 g/mol. The van der Waals surface area contributed by atoms with Gasteiger partial charge in [0.25, 0.3) is 0 Å². The lowest BCUT2D eigenvalue weighted by Gasteiger charge is -2.41. The summed E-state index contributed by atoms with van der Waals surface area (Å²) < 4.78 is 11.3. The highest BCUT2D eigenvalue weighted by molar-refractivity contribution is 5.68. The third-order valence-electron chi connectivity index (χ3n) is 4.89. The molecule has 2 aliphatic heterocycles. The van der Waals surface area contributed by atoms with Crippen LogP contribution < -0.4 is 4.74 Å². The number of nitriles is 1. The second-order valence-electron chi connectivity index (χ2n) is 7.99. The fourth-order valence-corrected chi connectivity index (χ4v) is 3.73. The van der Waals surface area contributed by atoms with Crippen molar-refractivity contribution in [3.63, 3.8) is 0 Å². The summed E-state index contributed by atoms with van der Waals surface area (Å²) >= 11 is 0. The normalized spacial score (nSPS) is 22.8. The second kappa shape index (κ2) is 7.55. The Morgan fingerprint density at radius 1 is 1.19 bits per heavy atom. The Hall–Kier alpha value is -2.26. The zero-order chi connectivity index (χ0) is 18.7. The zero-order valence-electron chi connectivity index (χ0n) is 15.8. The van der Waals surface area contributed by atoms with Crippen LogP contribution in [0.2, 0.25) is 0 Å². The van der Waals surface area contributed by atoms with Crippen molar-refractivity contribution in [1.29, 1.82) is 5.26 Å². The zero-order valence-corrected chi connectivity index (χ0v) is 15.8. The smallest absolute Gasteiger partial charge is 0.410 e. The number of likely N-dealkylation sites (tertiary alicyclic amines) is 1. The molecule has 2 unspecified atom stereocenters. The molecule has 140 valence electrons. The van der Waals surface area contributed by atoms with Crippen LogP contribution in [-0.2, 0) is 4.74 Å². The molecule has 2 saturated heterocycles. The average Bonchev–Trinajstić information content (AvgIpc) is 2.82. The molecule has 0 spiro atoms. The number of hydrogen-bond donors (Lipinski definition) is 0. The Bertz CT molecular complexity index is 661. The van der Waals surface area contributed by atoms with Crippen LogP contribution in [0.15, 0.2) is 24.3 Å². The molecule has 6 nitrogen and oxygen atoms in total. The van der Waals surface area contributed by atoms with E-state index in [2.05, 4.69) is 11.0 Å². The van der Waals surface area contributed by atoms with Crippen LogP contribution in [0.3, 0.4) is 0 Å². The van der Waals surface area contributed by atoms with E-state index >= 15 is 0 Å². The van der Waals surface area contributed by atoms with Crippen LogP contribution in [-0.4, -0.2) is 59.8 Å². The summed E-state index contributed by atoms with van der Waals surface area (Å²) in [5, 5.41) is 8.83. The summed E-state index contributed by atoms with van der Waals surface area (Å²) in [4.78, 5) is 16.6. The molecule has 0 N–H and O–H groups in total. The molecule has 2 aliphatic rings. The minimum absolute atomic E-state index is 0.206. The minimum Gasteiger partial charge on any atom is -0.492 e. The van der Waals surface area contributed by atoms with Gasteiger partial charge in [0.1, 0.15) is 18.0 Å². The van der Waals surface area contributed by atoms with Gasteiger partial charge in [0.15, 0.2) is 0 Å². The lowest BCUT2D eigenvalue weighted by Crippen LogP contribution is -2.56. The van der Waals surface area contributed by atoms with Gasteiger partial charge in [-0.1, -0.05) is 0 Å². The molecule has 0 saturated carbocycles. The van der Waals surface area contributed by atoms with Gasteiger partial charge < -0.3 is 14.4 Å². The first-order valence-electron chi connectivity index (χ1n) is 9.22. The van der Waals surface area contributed by atoms with Crippen LogP contribution in [0.4, 0.5) is 4.79 Å². The van der Waals surface area contributed by atoms with E-state index in [1.54, 1.807) is 12.1 Å². The van der Waals surface area contributed by atoms with Gasteiger partial charge in [0.05, 0.1) is 11.6 Å². The van der Waals surface area contributed by atoms with Crippen LogP contribution in [0, 0.1) is 11.3 Å². The molecule has 0 radical (unpaired) electrons. The number of carbonyl (C=O) groups is 1. The number of piperazine rings is 1. The third kappa shape index (κ3) is 4.47. The number of hydrogen-bond acceptors (Lipinski definition) is 5. The lowest BCUT2D eigenvalue weighted by molar-refractivity contribution is -0.000451. The van der Waals surface area contributed by atoms with Gasteiger partial charge in [-0.2, -0.15) is 5.26 Å². The number of fused-ring (bicyclic) bond motifs is 2. The number of amides is 1. The van der Waals surface area contributed by atoms with Crippen LogP contribution in [0.25, 0.3) is 0 Å². The molecular formula is C20H27N3O3. The van der Waals surface area contributed by atoms with Crippen molar-refractivity contribution in [3.8, 4) is 11.8 Å². The van der Waals surface area contributed by atoms with E-state index in [-0.39, 0.29) is 6.09 Å². The highest BCUT2D eigenvalue weighted by Gasteiger charge is 2.42. The first-order valence-corrected chi connectivity index (χ1v) is 9.22. The maximum absolute atomic E-state index is 12.3. The number of benzene rings is 1. The Balaban J connectivity index is 1.49. The van der Waals surface area contributed by atoms with Crippen LogP contribution in [0.1, 0.15) is 39.2 Å². The van der Waals surface area contributed by atoms with Gasteiger partial charge in [-0.05, 0) is 57.9 Å². The summed E-state index contributed by atoms with van der Waals surface area (Å²) in [6.45, 7) is 8.59. The van der Waals surface area contributed by atoms with Gasteiger partial charge in [-0.25, -0.2) is 4.79 Å². The molecule has 6 heteroatoms. The molecule has 2 fully saturated rings. The topological polar surface area (TPSA) is 65.8 Å². The SMILES string of the molecule is CC(C)(C)OC(=O)N1CC2CCC(C1)N2CCOc1ccc(C#N)cc1. The fourth-order valence-electron chi connectivity index (χ4n) is 3.73. The van der Waals surface area contributed by atoms with Crippen molar-refractivity contribution in [2.75, 3.05) is 26.2 Å². The number of ether oxygens (including phenoxy) is 2. The van der Waals surface area contributed by atoms with Gasteiger partial charge in [-0.3, -0.25) is 4.90 Å². The first-order chi connectivity index (χ1) is 12.4. The number of nitrogens with zero attached hydrogens (tertiary/aromatic N) is 3. The highest BCUT2D eigenvalue weighted by atomic mass is 16.6.